The van der Waals surface area contributed by atoms with Gasteiger partial charge in [-0.15, -0.1) is 6.42 Å². The molecule has 0 bridgehead atoms. The summed E-state index contributed by atoms with van der Waals surface area (Å²) in [6.45, 7) is 19.9. The van der Waals surface area contributed by atoms with E-state index in [4.69, 9.17) is 35.8 Å². The molecular weight excluding hydrogens is 931 g/mol. The van der Waals surface area contributed by atoms with Crippen LogP contribution in [0.1, 0.15) is 61.4 Å². The lowest BCUT2D eigenvalue weighted by molar-refractivity contribution is -0.126. The van der Waals surface area contributed by atoms with E-state index < -0.39 is 17.6 Å². The second-order valence-corrected chi connectivity index (χ2v) is 18.5. The molecule has 4 heterocycles. The van der Waals surface area contributed by atoms with Crippen LogP contribution < -0.4 is 21.6 Å². The quantitative estimate of drug-likeness (QED) is 0.0209. The number of terminal acetylenes is 1. The fourth-order valence-corrected chi connectivity index (χ4v) is 9.64. The van der Waals surface area contributed by atoms with Crippen molar-refractivity contribution in [2.75, 3.05) is 158 Å². The van der Waals surface area contributed by atoms with E-state index in [-0.39, 0.29) is 17.3 Å². The first kappa shape index (κ1) is 56.6. The van der Waals surface area contributed by atoms with Gasteiger partial charge in [-0.2, -0.15) is 5.26 Å². The Hall–Kier alpha value is -5.74. The molecule has 3 aliphatic heterocycles. The number of nitrogens with two attached hydrogens (primary N) is 1. The number of carbonyl (C=O) groups is 3. The highest BCUT2D eigenvalue weighted by molar-refractivity contribution is 6.42. The number of hydrogen-bond donors (Lipinski definition) is 3. The molecule has 19 heteroatoms. The molecule has 1 unspecified atom stereocenters. The zero-order valence-electron chi connectivity index (χ0n) is 43.1. The largest absolute Gasteiger partial charge is 0.500 e. The summed E-state index contributed by atoms with van der Waals surface area (Å²) in [7, 11) is 1.56. The lowest BCUT2D eigenvalue weighted by Crippen LogP contribution is -2.49. The predicted molar refractivity (Wildman–Crippen MR) is 282 cm³/mol. The number of amides is 2. The number of nitrogens with zero attached hydrogens (tertiary/aromatic N) is 8. The maximum absolute atomic E-state index is 13.8. The van der Waals surface area contributed by atoms with Crippen molar-refractivity contribution in [1.29, 1.82) is 5.26 Å². The van der Waals surface area contributed by atoms with Crippen LogP contribution in [-0.4, -0.2) is 217 Å². The van der Waals surface area contributed by atoms with Crippen molar-refractivity contribution in [3.63, 3.8) is 0 Å². The lowest BCUT2D eigenvalue weighted by Gasteiger charge is -2.36. The number of likely N-dealkylation sites (tertiary alicyclic amines) is 1. The minimum absolute atomic E-state index is 0.0773. The van der Waals surface area contributed by atoms with E-state index in [0.717, 1.165) is 96.1 Å². The van der Waals surface area contributed by atoms with Crippen LogP contribution in [0.5, 0.6) is 0 Å². The van der Waals surface area contributed by atoms with Crippen LogP contribution in [0.2, 0.25) is 0 Å². The van der Waals surface area contributed by atoms with E-state index in [0.29, 0.717) is 126 Å². The number of rotatable bonds is 28. The molecule has 2 amide bonds. The number of nitrogens with one attached hydrogen (secondary N) is 2. The van der Waals surface area contributed by atoms with Crippen LogP contribution in [-0.2, 0) is 33.3 Å². The molecule has 3 fully saturated rings. The standard InChI is InChI=1S/C54H77N11O8/c1-4-30-70-32-34-72-36-37-73-35-33-71-31-29-64-27-25-63(26-28-64)18-10-17-62-23-21-61(22-24-62)16-9-15-57-53(67)52(56)60-41-59-49-42(5-2)38-47(69-3)48-46(40-58-50(48)49)51(66)54(68)65-19-13-44(14-20-65)45(39-55)43-11-7-6-8-12-43/h1,6-8,11-12,40-42,58H,5,9-10,13-38H2,2-3H3,(H,57,67)(H2,56,59,60). The van der Waals surface area contributed by atoms with Crippen LogP contribution in [0.15, 0.2) is 52.1 Å². The number of amidine groups is 1. The Morgan fingerprint density at radius 2 is 1.40 bits per heavy atom. The third-order valence-corrected chi connectivity index (χ3v) is 13.9. The van der Waals surface area contributed by atoms with Gasteiger partial charge in [0.2, 0.25) is 0 Å². The molecular formula is C54H77N11O8. The number of methoxy groups -OCH3 is 1. The zero-order valence-corrected chi connectivity index (χ0v) is 43.1. The molecule has 4 aliphatic rings. The van der Waals surface area contributed by atoms with Crippen molar-refractivity contribution < 1.29 is 38.1 Å². The van der Waals surface area contributed by atoms with E-state index >= 15 is 0 Å². The van der Waals surface area contributed by atoms with Gasteiger partial charge < -0.3 is 59.3 Å². The Kier molecular flexibility index (Phi) is 24.1. The van der Waals surface area contributed by atoms with Gasteiger partial charge in [0.1, 0.15) is 18.7 Å². The molecule has 396 valence electrons. The van der Waals surface area contributed by atoms with Crippen LogP contribution >= 0.6 is 0 Å². The average Bonchev–Trinajstić information content (AvgIpc) is 3.87. The molecule has 4 N–H and O–H groups in total. The third-order valence-electron chi connectivity index (χ3n) is 13.9. The summed E-state index contributed by atoms with van der Waals surface area (Å²) in [4.78, 5) is 64.0. The molecule has 19 nitrogen and oxygen atoms in total. The SMILES string of the molecule is C#CCOCCOCCOCCOCCN1CCN(CCCN2CCN(CCCNC(=O)C(N)=NC=NC3=c4[nH]cc(C(=O)C(=O)N5CCC(=C(C#N)c6ccccc6)CC5)c4=C(OC)CC3CC)CC2)CC1. The van der Waals surface area contributed by atoms with Crippen LogP contribution in [0.25, 0.3) is 17.0 Å². The molecule has 73 heavy (non-hydrogen) atoms. The summed E-state index contributed by atoms with van der Waals surface area (Å²) in [5, 5.41) is 13.8. The van der Waals surface area contributed by atoms with Crippen molar-refractivity contribution in [2.45, 2.75) is 45.4 Å². The summed E-state index contributed by atoms with van der Waals surface area (Å²) in [6, 6.07) is 11.8. The summed E-state index contributed by atoms with van der Waals surface area (Å²) < 4.78 is 27.7. The molecule has 0 spiro atoms. The molecule has 1 atom stereocenters. The molecule has 1 aromatic carbocycles. The van der Waals surface area contributed by atoms with Crippen molar-refractivity contribution in [3.8, 4) is 18.4 Å². The van der Waals surface area contributed by atoms with Crippen molar-refractivity contribution >= 4 is 46.8 Å². The Labute approximate surface area is 431 Å². The number of aromatic nitrogens is 1. The van der Waals surface area contributed by atoms with E-state index in [9.17, 15) is 19.6 Å². The molecule has 1 aromatic heterocycles. The average molecular weight is 1010 g/mol. The van der Waals surface area contributed by atoms with Crippen LogP contribution in [0.3, 0.4) is 0 Å². The molecule has 0 saturated carbocycles. The minimum Gasteiger partial charge on any atom is -0.500 e. The van der Waals surface area contributed by atoms with Gasteiger partial charge in [0.15, 0.2) is 5.84 Å². The lowest BCUT2D eigenvalue weighted by atomic mass is 9.91. The summed E-state index contributed by atoms with van der Waals surface area (Å²) >= 11 is 0. The van der Waals surface area contributed by atoms with Gasteiger partial charge in [0, 0.05) is 97.1 Å². The number of piperidine rings is 1. The van der Waals surface area contributed by atoms with E-state index in [1.54, 1.807) is 12.0 Å². The summed E-state index contributed by atoms with van der Waals surface area (Å²) in [5.41, 5.74) is 9.38. The number of nitriles is 1. The number of ether oxygens (including phenoxy) is 5. The topological polar surface area (TPSA) is 216 Å². The van der Waals surface area contributed by atoms with Gasteiger partial charge in [-0.3, -0.25) is 19.3 Å². The van der Waals surface area contributed by atoms with E-state index in [1.807, 2.05) is 37.3 Å². The summed E-state index contributed by atoms with van der Waals surface area (Å²) in [6.07, 6.45) is 12.1. The van der Waals surface area contributed by atoms with Gasteiger partial charge in [-0.1, -0.05) is 43.2 Å². The smallest absolute Gasteiger partial charge is 0.295 e. The number of hydrogen-bond acceptors (Lipinski definition) is 14. The predicted octanol–water partition coefficient (Wildman–Crippen LogP) is 1.31. The number of allylic oxidation sites excluding steroid dienone is 1. The number of fused-ring (bicyclic) bond motifs is 1. The fraction of sp³-hybridized carbons (Fsp3) is 0.593. The highest BCUT2D eigenvalue weighted by Crippen LogP contribution is 2.29. The Morgan fingerprint density at radius 3 is 1.97 bits per heavy atom. The number of benzene rings is 1. The molecule has 1 aliphatic carbocycles. The fourth-order valence-electron chi connectivity index (χ4n) is 9.64. The van der Waals surface area contributed by atoms with Crippen LogP contribution in [0.4, 0.5) is 0 Å². The Balaban J connectivity index is 0.848. The highest BCUT2D eigenvalue weighted by atomic mass is 16.6. The minimum atomic E-state index is -0.646. The van der Waals surface area contributed by atoms with E-state index in [2.05, 4.69) is 51.9 Å². The molecule has 2 aromatic rings. The second kappa shape index (κ2) is 31.1. The van der Waals surface area contributed by atoms with Gasteiger partial charge in [0.05, 0.1) is 86.8 Å². The number of H-pyrrole nitrogens is 1. The monoisotopic (exact) mass is 1010 g/mol. The van der Waals surface area contributed by atoms with Crippen molar-refractivity contribution in [2.24, 2.45) is 21.6 Å². The van der Waals surface area contributed by atoms with Gasteiger partial charge in [-0.25, -0.2) is 9.98 Å². The maximum Gasteiger partial charge on any atom is 0.295 e. The first-order valence-corrected chi connectivity index (χ1v) is 26.0. The number of ketones is 1. The van der Waals surface area contributed by atoms with E-state index in [1.165, 1.54) is 19.0 Å². The molecule has 3 saturated heterocycles. The Morgan fingerprint density at radius 1 is 0.822 bits per heavy atom. The van der Waals surface area contributed by atoms with Crippen molar-refractivity contribution in [1.82, 2.24) is 34.8 Å². The number of aromatic amines is 1. The van der Waals surface area contributed by atoms with Gasteiger partial charge >= 0.3 is 0 Å². The Bertz CT molecular complexity index is 2380. The number of Topliss-reactive ketones (excluding diaryl/α,β-unsaturated/α-hetero) is 1. The van der Waals surface area contributed by atoms with Crippen LogP contribution in [0, 0.1) is 29.6 Å². The maximum atomic E-state index is 13.8. The molecule has 0 radical (unpaired) electrons. The van der Waals surface area contributed by atoms with Gasteiger partial charge in [0.25, 0.3) is 17.6 Å². The highest BCUT2D eigenvalue weighted by Gasteiger charge is 2.32. The first-order valence-electron chi connectivity index (χ1n) is 26.0. The second-order valence-electron chi connectivity index (χ2n) is 18.5. The number of carbonyl (C=O) groups excluding carboxylic acids is 3. The number of aliphatic imine (C=N–C) groups is 2. The molecule has 6 rings (SSSR count). The van der Waals surface area contributed by atoms with Crippen molar-refractivity contribution in [3.05, 3.63) is 63.8 Å². The normalized spacial score (nSPS) is 18.4. The first-order chi connectivity index (χ1) is 35.7. The summed E-state index contributed by atoms with van der Waals surface area (Å²) in [5.74, 6) is 1.01. The zero-order chi connectivity index (χ0) is 51.6. The third kappa shape index (κ3) is 17.4. The van der Waals surface area contributed by atoms with Gasteiger partial charge in [-0.05, 0) is 62.9 Å². The number of piperazine rings is 2.